The zero-order chi connectivity index (χ0) is 17.2. The van der Waals surface area contributed by atoms with Gasteiger partial charge in [0.1, 0.15) is 5.76 Å². The van der Waals surface area contributed by atoms with E-state index < -0.39 is 15.1 Å². The Bertz CT molecular complexity index is 808. The molecule has 1 fully saturated rings. The standard InChI is InChI=1S/C17H20N2O4S/c1-13-11-15(18-23-13)12-24(21,22)16(14-7-3-2-4-8-14)17(20)19-9-5-6-10-19/h2-4,7-8,11,16H,5-6,9-10,12H2,1H3/t16-/m0/s1. The number of aromatic nitrogens is 1. The predicted octanol–water partition coefficient (Wildman–Crippen LogP) is 2.26. The highest BCUT2D eigenvalue weighted by molar-refractivity contribution is 7.91. The first-order valence-electron chi connectivity index (χ1n) is 7.95. The van der Waals surface area contributed by atoms with Crippen LogP contribution in [-0.4, -0.2) is 37.5 Å². The third kappa shape index (κ3) is 3.51. The summed E-state index contributed by atoms with van der Waals surface area (Å²) in [5.41, 5.74) is 0.817. The first kappa shape index (κ1) is 16.7. The number of hydrogen-bond acceptors (Lipinski definition) is 5. The molecule has 0 spiro atoms. The number of likely N-dealkylation sites (tertiary alicyclic amines) is 1. The van der Waals surface area contributed by atoms with Crippen molar-refractivity contribution in [3.05, 3.63) is 53.4 Å². The molecule has 1 aromatic heterocycles. The van der Waals surface area contributed by atoms with Gasteiger partial charge in [0.05, 0.1) is 11.4 Å². The average Bonchev–Trinajstić information content (AvgIpc) is 3.19. The van der Waals surface area contributed by atoms with Gasteiger partial charge in [-0.25, -0.2) is 8.42 Å². The van der Waals surface area contributed by atoms with Crippen LogP contribution in [0.3, 0.4) is 0 Å². The van der Waals surface area contributed by atoms with E-state index in [1.54, 1.807) is 48.2 Å². The van der Waals surface area contributed by atoms with Crippen molar-refractivity contribution in [2.45, 2.75) is 30.8 Å². The molecule has 7 heteroatoms. The maximum absolute atomic E-state index is 13.0. The molecule has 0 unspecified atom stereocenters. The number of aryl methyl sites for hydroxylation is 1. The van der Waals surface area contributed by atoms with Crippen molar-refractivity contribution in [2.24, 2.45) is 0 Å². The summed E-state index contributed by atoms with van der Waals surface area (Å²) < 4.78 is 30.9. The molecule has 0 radical (unpaired) electrons. The summed E-state index contributed by atoms with van der Waals surface area (Å²) in [6.45, 7) is 2.93. The van der Waals surface area contributed by atoms with Gasteiger partial charge in [-0.15, -0.1) is 0 Å². The fourth-order valence-electron chi connectivity index (χ4n) is 3.01. The third-order valence-corrected chi connectivity index (χ3v) is 6.02. The number of nitrogens with zero attached hydrogens (tertiary/aromatic N) is 2. The quantitative estimate of drug-likeness (QED) is 0.828. The fourth-order valence-corrected chi connectivity index (χ4v) is 4.75. The molecule has 0 bridgehead atoms. The molecule has 24 heavy (non-hydrogen) atoms. The molecule has 1 amide bonds. The van der Waals surface area contributed by atoms with Crippen LogP contribution in [0.15, 0.2) is 40.9 Å². The lowest BCUT2D eigenvalue weighted by Crippen LogP contribution is -2.36. The van der Waals surface area contributed by atoms with Crippen molar-refractivity contribution in [2.75, 3.05) is 13.1 Å². The summed E-state index contributed by atoms with van der Waals surface area (Å²) in [6.07, 6.45) is 1.82. The van der Waals surface area contributed by atoms with Crippen LogP contribution in [-0.2, 0) is 20.4 Å². The Morgan fingerprint density at radius 3 is 2.50 bits per heavy atom. The van der Waals surface area contributed by atoms with Gasteiger partial charge in [-0.05, 0) is 25.3 Å². The van der Waals surface area contributed by atoms with Crippen molar-refractivity contribution in [1.29, 1.82) is 0 Å². The van der Waals surface area contributed by atoms with Crippen LogP contribution in [0.1, 0.15) is 35.1 Å². The molecular formula is C17H20N2O4S. The summed E-state index contributed by atoms with van der Waals surface area (Å²) >= 11 is 0. The van der Waals surface area contributed by atoms with Crippen molar-refractivity contribution < 1.29 is 17.7 Å². The molecular weight excluding hydrogens is 328 g/mol. The van der Waals surface area contributed by atoms with Gasteiger partial charge in [0.15, 0.2) is 15.1 Å². The molecule has 0 saturated carbocycles. The van der Waals surface area contributed by atoms with E-state index in [9.17, 15) is 13.2 Å². The third-order valence-electron chi connectivity index (χ3n) is 4.13. The first-order valence-corrected chi connectivity index (χ1v) is 9.66. The molecule has 1 atom stereocenters. The van der Waals surface area contributed by atoms with E-state index in [1.807, 2.05) is 0 Å². The van der Waals surface area contributed by atoms with Crippen molar-refractivity contribution in [1.82, 2.24) is 10.1 Å². The minimum Gasteiger partial charge on any atom is -0.361 e. The van der Waals surface area contributed by atoms with Crippen LogP contribution >= 0.6 is 0 Å². The van der Waals surface area contributed by atoms with Gasteiger partial charge >= 0.3 is 0 Å². The largest absolute Gasteiger partial charge is 0.361 e. The smallest absolute Gasteiger partial charge is 0.245 e. The molecule has 1 aliphatic rings. The highest BCUT2D eigenvalue weighted by Crippen LogP contribution is 2.29. The Morgan fingerprint density at radius 1 is 1.25 bits per heavy atom. The highest BCUT2D eigenvalue weighted by Gasteiger charge is 2.38. The zero-order valence-corrected chi connectivity index (χ0v) is 14.3. The molecule has 2 aromatic rings. The number of sulfone groups is 1. The predicted molar refractivity (Wildman–Crippen MR) is 88.9 cm³/mol. The van der Waals surface area contributed by atoms with Crippen LogP contribution in [0.2, 0.25) is 0 Å². The first-order chi connectivity index (χ1) is 11.5. The van der Waals surface area contributed by atoms with Gasteiger partial charge in [0, 0.05) is 19.2 Å². The van der Waals surface area contributed by atoms with E-state index in [1.165, 1.54) is 0 Å². The van der Waals surface area contributed by atoms with E-state index in [4.69, 9.17) is 4.52 Å². The minimum atomic E-state index is -3.77. The van der Waals surface area contributed by atoms with Gasteiger partial charge in [-0.3, -0.25) is 4.79 Å². The molecule has 3 rings (SSSR count). The Hall–Kier alpha value is -2.15. The summed E-state index contributed by atoms with van der Waals surface area (Å²) in [5, 5.41) is 2.55. The van der Waals surface area contributed by atoms with Crippen LogP contribution < -0.4 is 0 Å². The minimum absolute atomic E-state index is 0.316. The zero-order valence-electron chi connectivity index (χ0n) is 13.5. The average molecular weight is 348 g/mol. The summed E-state index contributed by atoms with van der Waals surface area (Å²) in [7, 11) is -3.77. The maximum Gasteiger partial charge on any atom is 0.245 e. The molecule has 1 aliphatic heterocycles. The molecule has 6 nitrogen and oxygen atoms in total. The van der Waals surface area contributed by atoms with Crippen LogP contribution in [0.4, 0.5) is 0 Å². The lowest BCUT2D eigenvalue weighted by Gasteiger charge is -2.23. The van der Waals surface area contributed by atoms with Crippen LogP contribution in [0.5, 0.6) is 0 Å². The number of carbonyl (C=O) groups excluding carboxylic acids is 1. The summed E-state index contributed by atoms with van der Waals surface area (Å²) in [4.78, 5) is 14.5. The van der Waals surface area contributed by atoms with Gasteiger partial charge in [0.25, 0.3) is 0 Å². The van der Waals surface area contributed by atoms with Gasteiger partial charge in [0.2, 0.25) is 5.91 Å². The summed E-state index contributed by atoms with van der Waals surface area (Å²) in [6, 6.07) is 10.2. The van der Waals surface area contributed by atoms with Crippen LogP contribution in [0, 0.1) is 6.92 Å². The Labute approximate surface area is 141 Å². The second kappa shape index (κ2) is 6.76. The molecule has 2 heterocycles. The van der Waals surface area contributed by atoms with Crippen molar-refractivity contribution >= 4 is 15.7 Å². The SMILES string of the molecule is Cc1cc(CS(=O)(=O)[C@H](C(=O)N2CCCC2)c2ccccc2)no1. The van der Waals surface area contributed by atoms with E-state index >= 15 is 0 Å². The number of rotatable bonds is 5. The van der Waals surface area contributed by atoms with E-state index in [2.05, 4.69) is 5.16 Å². The summed E-state index contributed by atoms with van der Waals surface area (Å²) in [5.74, 6) is -0.120. The Morgan fingerprint density at radius 2 is 1.92 bits per heavy atom. The topological polar surface area (TPSA) is 80.5 Å². The van der Waals surface area contributed by atoms with Gasteiger partial charge in [-0.2, -0.15) is 0 Å². The second-order valence-electron chi connectivity index (χ2n) is 6.06. The number of hydrogen-bond donors (Lipinski definition) is 0. The monoisotopic (exact) mass is 348 g/mol. The highest BCUT2D eigenvalue weighted by atomic mass is 32.2. The van der Waals surface area contributed by atoms with E-state index in [-0.39, 0.29) is 11.7 Å². The van der Waals surface area contributed by atoms with E-state index in [0.717, 1.165) is 12.8 Å². The number of amides is 1. The number of benzene rings is 1. The van der Waals surface area contributed by atoms with Crippen molar-refractivity contribution in [3.63, 3.8) is 0 Å². The molecule has 1 saturated heterocycles. The number of carbonyl (C=O) groups is 1. The lowest BCUT2D eigenvalue weighted by atomic mass is 10.1. The maximum atomic E-state index is 13.0. The molecule has 0 N–H and O–H groups in total. The second-order valence-corrected chi connectivity index (χ2v) is 8.15. The normalized spacial score (nSPS) is 16.3. The van der Waals surface area contributed by atoms with E-state index in [0.29, 0.717) is 30.1 Å². The molecule has 1 aromatic carbocycles. The molecule has 0 aliphatic carbocycles. The Kier molecular flexibility index (Phi) is 4.71. The fraction of sp³-hybridized carbons (Fsp3) is 0.412. The van der Waals surface area contributed by atoms with Gasteiger partial charge < -0.3 is 9.42 Å². The van der Waals surface area contributed by atoms with Crippen LogP contribution in [0.25, 0.3) is 0 Å². The van der Waals surface area contributed by atoms with Crippen molar-refractivity contribution in [3.8, 4) is 0 Å². The lowest BCUT2D eigenvalue weighted by molar-refractivity contribution is -0.129. The molecule has 128 valence electrons. The Balaban J connectivity index is 1.95. The van der Waals surface area contributed by atoms with Gasteiger partial charge in [-0.1, -0.05) is 35.5 Å².